The lowest BCUT2D eigenvalue weighted by atomic mass is 10.1. The highest BCUT2D eigenvalue weighted by molar-refractivity contribution is 6.43. The van der Waals surface area contributed by atoms with Gasteiger partial charge in [-0.05, 0) is 25.0 Å². The van der Waals surface area contributed by atoms with Gasteiger partial charge in [0, 0.05) is 19.6 Å². The molecule has 1 spiro atoms. The van der Waals surface area contributed by atoms with E-state index in [0.29, 0.717) is 15.6 Å². The molecule has 3 rings (SSSR count). The summed E-state index contributed by atoms with van der Waals surface area (Å²) in [5.41, 5.74) is 0.540. The fraction of sp³-hybridized carbons (Fsp3) is 0.462. The molecule has 0 bridgehead atoms. The second-order valence-corrected chi connectivity index (χ2v) is 5.74. The minimum Gasteiger partial charge on any atom is -0.330 e. The van der Waals surface area contributed by atoms with Gasteiger partial charge < -0.3 is 10.2 Å². The molecule has 1 aromatic rings. The van der Waals surface area contributed by atoms with Crippen LogP contribution in [0.3, 0.4) is 0 Å². The van der Waals surface area contributed by atoms with Crippen molar-refractivity contribution in [3.05, 3.63) is 33.8 Å². The first-order valence-electron chi connectivity index (χ1n) is 6.11. The smallest absolute Gasteiger partial charge is 0.255 e. The zero-order valence-corrected chi connectivity index (χ0v) is 12.6. The number of nitrogens with one attached hydrogen (secondary N) is 1. The predicted octanol–water partition coefficient (Wildman–Crippen LogP) is 2.99. The zero-order chi connectivity index (χ0) is 12.8. The minimum atomic E-state index is 0. The van der Waals surface area contributed by atoms with Crippen LogP contribution in [0, 0.1) is 0 Å². The van der Waals surface area contributed by atoms with Gasteiger partial charge in [0.2, 0.25) is 0 Å². The topological polar surface area (TPSA) is 32.3 Å². The summed E-state index contributed by atoms with van der Waals surface area (Å²) in [5, 5.41) is 4.14. The Balaban J connectivity index is 0.00000133. The van der Waals surface area contributed by atoms with E-state index in [9.17, 15) is 4.79 Å². The molecule has 1 aliphatic carbocycles. The van der Waals surface area contributed by atoms with Crippen molar-refractivity contribution in [2.24, 2.45) is 0 Å². The van der Waals surface area contributed by atoms with E-state index in [1.54, 1.807) is 18.2 Å². The summed E-state index contributed by atoms with van der Waals surface area (Å²) in [4.78, 5) is 14.5. The van der Waals surface area contributed by atoms with Crippen molar-refractivity contribution in [1.82, 2.24) is 10.2 Å². The average Bonchev–Trinajstić information content (AvgIpc) is 3.13. The van der Waals surface area contributed by atoms with E-state index < -0.39 is 0 Å². The van der Waals surface area contributed by atoms with Crippen molar-refractivity contribution >= 4 is 41.5 Å². The van der Waals surface area contributed by atoms with Crippen LogP contribution in [0.25, 0.3) is 0 Å². The van der Waals surface area contributed by atoms with E-state index in [-0.39, 0.29) is 23.9 Å². The van der Waals surface area contributed by atoms with Crippen molar-refractivity contribution in [3.8, 4) is 0 Å². The lowest BCUT2D eigenvalue weighted by Gasteiger charge is -2.37. The molecule has 1 amide bonds. The van der Waals surface area contributed by atoms with Crippen molar-refractivity contribution < 1.29 is 4.79 Å². The van der Waals surface area contributed by atoms with Gasteiger partial charge in [0.25, 0.3) is 5.91 Å². The van der Waals surface area contributed by atoms with Gasteiger partial charge in [0.1, 0.15) is 0 Å². The predicted molar refractivity (Wildman–Crippen MR) is 79.6 cm³/mol. The summed E-state index contributed by atoms with van der Waals surface area (Å²) in [5.74, 6) is 0.00139. The van der Waals surface area contributed by atoms with Gasteiger partial charge in [0.15, 0.2) is 0 Å². The fourth-order valence-electron chi connectivity index (χ4n) is 2.57. The normalized spacial score (nSPS) is 20.0. The Hall–Kier alpha value is -0.480. The van der Waals surface area contributed by atoms with Gasteiger partial charge in [-0.2, -0.15) is 0 Å². The molecular weight excluding hydrogens is 307 g/mol. The fourth-order valence-corrected chi connectivity index (χ4v) is 2.95. The monoisotopic (exact) mass is 320 g/mol. The Morgan fingerprint density at radius 2 is 2.05 bits per heavy atom. The summed E-state index contributed by atoms with van der Waals surface area (Å²) in [6.07, 6.45) is 2.15. The van der Waals surface area contributed by atoms with Gasteiger partial charge in [0.05, 0.1) is 21.1 Å². The molecule has 2 fully saturated rings. The standard InChI is InChI=1S/C13H14Cl2N2O.ClH/c14-10-3-1-2-9(11(10)15)12(18)17-7-6-16-8-13(17)4-5-13;/h1-3,16H,4-8H2;1H. The summed E-state index contributed by atoms with van der Waals surface area (Å²) >= 11 is 12.1. The van der Waals surface area contributed by atoms with Gasteiger partial charge in [-0.3, -0.25) is 4.79 Å². The summed E-state index contributed by atoms with van der Waals surface area (Å²) < 4.78 is 0. The van der Waals surface area contributed by atoms with Crippen molar-refractivity contribution in [2.45, 2.75) is 18.4 Å². The second kappa shape index (κ2) is 5.49. The minimum absolute atomic E-state index is 0. The number of carbonyl (C=O) groups excluding carboxylic acids is 1. The van der Waals surface area contributed by atoms with Crippen LogP contribution in [0.15, 0.2) is 18.2 Å². The molecule has 2 aliphatic rings. The molecule has 6 heteroatoms. The second-order valence-electron chi connectivity index (χ2n) is 4.96. The molecule has 1 heterocycles. The van der Waals surface area contributed by atoms with E-state index >= 15 is 0 Å². The van der Waals surface area contributed by atoms with Crippen LogP contribution in [-0.4, -0.2) is 36.0 Å². The molecule has 1 aliphatic heterocycles. The van der Waals surface area contributed by atoms with Gasteiger partial charge in [-0.15, -0.1) is 12.4 Å². The summed E-state index contributed by atoms with van der Waals surface area (Å²) in [6, 6.07) is 5.21. The molecule has 0 radical (unpaired) electrons. The highest BCUT2D eigenvalue weighted by Crippen LogP contribution is 2.43. The molecule has 1 saturated carbocycles. The number of amides is 1. The number of hydrogen-bond acceptors (Lipinski definition) is 2. The summed E-state index contributed by atoms with van der Waals surface area (Å²) in [7, 11) is 0. The summed E-state index contributed by atoms with van der Waals surface area (Å²) in [6.45, 7) is 2.46. The van der Waals surface area contributed by atoms with Gasteiger partial charge >= 0.3 is 0 Å². The number of rotatable bonds is 1. The van der Waals surface area contributed by atoms with E-state index in [1.807, 2.05) is 4.90 Å². The number of benzene rings is 1. The molecule has 1 saturated heterocycles. The first-order chi connectivity index (χ1) is 8.64. The van der Waals surface area contributed by atoms with Crippen LogP contribution in [-0.2, 0) is 0 Å². The third kappa shape index (κ3) is 2.57. The molecule has 3 nitrogen and oxygen atoms in total. The van der Waals surface area contributed by atoms with Crippen molar-refractivity contribution in [2.75, 3.05) is 19.6 Å². The lowest BCUT2D eigenvalue weighted by molar-refractivity contribution is 0.0601. The van der Waals surface area contributed by atoms with E-state index in [2.05, 4.69) is 5.32 Å². The SMILES string of the molecule is Cl.O=C(c1cccc(Cl)c1Cl)N1CCNCC12CC2. The molecule has 104 valence electrons. The molecular formula is C13H15Cl3N2O. The third-order valence-corrected chi connectivity index (χ3v) is 4.61. The number of carbonyl (C=O) groups is 1. The Labute approximate surface area is 128 Å². The lowest BCUT2D eigenvalue weighted by Crippen LogP contribution is -2.55. The van der Waals surface area contributed by atoms with Crippen molar-refractivity contribution in [1.29, 1.82) is 0 Å². The molecule has 0 atom stereocenters. The Morgan fingerprint density at radius 3 is 2.74 bits per heavy atom. The first-order valence-corrected chi connectivity index (χ1v) is 6.86. The molecule has 19 heavy (non-hydrogen) atoms. The Bertz CT molecular complexity index is 503. The van der Waals surface area contributed by atoms with Crippen LogP contribution in [0.2, 0.25) is 10.0 Å². The quantitative estimate of drug-likeness (QED) is 0.862. The van der Waals surface area contributed by atoms with E-state index in [1.165, 1.54) is 0 Å². The average molecular weight is 322 g/mol. The maximum absolute atomic E-state index is 12.6. The maximum atomic E-state index is 12.6. The molecule has 1 aromatic carbocycles. The van der Waals surface area contributed by atoms with E-state index in [4.69, 9.17) is 23.2 Å². The van der Waals surface area contributed by atoms with Crippen molar-refractivity contribution in [3.63, 3.8) is 0 Å². The highest BCUT2D eigenvalue weighted by Gasteiger charge is 2.51. The van der Waals surface area contributed by atoms with Crippen LogP contribution < -0.4 is 5.32 Å². The number of nitrogens with zero attached hydrogens (tertiary/aromatic N) is 1. The maximum Gasteiger partial charge on any atom is 0.255 e. The Morgan fingerprint density at radius 1 is 1.32 bits per heavy atom. The third-order valence-electron chi connectivity index (χ3n) is 3.79. The number of piperazine rings is 1. The largest absolute Gasteiger partial charge is 0.330 e. The molecule has 0 unspecified atom stereocenters. The highest BCUT2D eigenvalue weighted by atomic mass is 35.5. The van der Waals surface area contributed by atoms with Gasteiger partial charge in [-0.1, -0.05) is 29.3 Å². The Kier molecular flexibility index (Phi) is 4.31. The number of hydrogen-bond donors (Lipinski definition) is 1. The molecule has 1 N–H and O–H groups in total. The van der Waals surface area contributed by atoms with Crippen LogP contribution in [0.5, 0.6) is 0 Å². The van der Waals surface area contributed by atoms with Crippen LogP contribution in [0.4, 0.5) is 0 Å². The first kappa shape index (κ1) is 14.9. The van der Waals surface area contributed by atoms with Crippen LogP contribution in [0.1, 0.15) is 23.2 Å². The van der Waals surface area contributed by atoms with E-state index in [0.717, 1.165) is 32.5 Å². The zero-order valence-electron chi connectivity index (χ0n) is 10.3. The molecule has 0 aromatic heterocycles. The van der Waals surface area contributed by atoms with Crippen LogP contribution >= 0.6 is 35.6 Å². The van der Waals surface area contributed by atoms with Gasteiger partial charge in [-0.25, -0.2) is 0 Å². The number of halogens is 3.